The summed E-state index contributed by atoms with van der Waals surface area (Å²) in [4.78, 5) is 34.2. The van der Waals surface area contributed by atoms with Crippen LogP contribution in [0.3, 0.4) is 0 Å². The molecule has 0 saturated heterocycles. The molecule has 0 spiro atoms. The van der Waals surface area contributed by atoms with Crippen LogP contribution in [0.1, 0.15) is 32.7 Å². The third-order valence-electron chi connectivity index (χ3n) is 1.99. The lowest BCUT2D eigenvalue weighted by molar-refractivity contribution is -0.142. The van der Waals surface area contributed by atoms with E-state index in [1.165, 1.54) is 12.1 Å². The van der Waals surface area contributed by atoms with E-state index < -0.39 is 5.91 Å². The number of hydrogen-bond donors (Lipinski definition) is 2. The van der Waals surface area contributed by atoms with Crippen LogP contribution in [0.5, 0.6) is 0 Å². The quantitative estimate of drug-likeness (QED) is 0.736. The van der Waals surface area contributed by atoms with Gasteiger partial charge < -0.3 is 15.8 Å². The molecule has 0 atom stereocenters. The Kier molecular flexibility index (Phi) is 5.31. The average molecular weight is 270 g/mol. The zero-order valence-electron chi connectivity index (χ0n) is 9.89. The maximum atomic E-state index is 11.6. The van der Waals surface area contributed by atoms with E-state index in [0.717, 1.165) is 11.3 Å². The molecular weight excluding hydrogens is 256 g/mol. The van der Waals surface area contributed by atoms with Gasteiger partial charge in [0, 0.05) is 6.54 Å². The first kappa shape index (κ1) is 14.2. The van der Waals surface area contributed by atoms with Crippen LogP contribution in [0.4, 0.5) is 0 Å². The minimum absolute atomic E-state index is 0.119. The van der Waals surface area contributed by atoms with Gasteiger partial charge in [0.15, 0.2) is 0 Å². The highest BCUT2D eigenvalue weighted by Crippen LogP contribution is 2.15. The topological polar surface area (TPSA) is 98.5 Å². The van der Waals surface area contributed by atoms with Gasteiger partial charge in [-0.2, -0.15) is 0 Å². The number of esters is 1. The van der Waals surface area contributed by atoms with E-state index in [0.29, 0.717) is 16.4 Å². The van der Waals surface area contributed by atoms with Crippen molar-refractivity contribution in [2.24, 2.45) is 5.73 Å². The lowest BCUT2D eigenvalue weighted by Crippen LogP contribution is -2.25. The van der Waals surface area contributed by atoms with Crippen LogP contribution in [0.25, 0.3) is 0 Å². The van der Waals surface area contributed by atoms with E-state index in [4.69, 9.17) is 10.5 Å². The molecule has 1 aromatic heterocycles. The van der Waals surface area contributed by atoms with Gasteiger partial charge in [0.1, 0.15) is 0 Å². The number of hydrogen-bond acceptors (Lipinski definition) is 5. The lowest BCUT2D eigenvalue weighted by atomic mass is 10.4. The molecule has 0 radical (unpaired) electrons. The molecule has 1 heterocycles. The summed E-state index contributed by atoms with van der Waals surface area (Å²) in [6.45, 7) is 2.23. The van der Waals surface area contributed by atoms with Crippen molar-refractivity contribution in [2.45, 2.75) is 13.3 Å². The Bertz CT molecular complexity index is 456. The molecule has 0 fully saturated rings. The van der Waals surface area contributed by atoms with Crippen molar-refractivity contribution in [3.63, 3.8) is 0 Å². The number of thiophene rings is 1. The van der Waals surface area contributed by atoms with Gasteiger partial charge in [-0.15, -0.1) is 11.3 Å². The number of carbonyl (C=O) groups is 3. The molecule has 18 heavy (non-hydrogen) atoms. The first-order chi connectivity index (χ1) is 8.54. The van der Waals surface area contributed by atoms with E-state index in [2.05, 4.69) is 5.32 Å². The highest BCUT2D eigenvalue weighted by molar-refractivity contribution is 7.15. The summed E-state index contributed by atoms with van der Waals surface area (Å²) in [5, 5.41) is 2.56. The Labute approximate surface area is 108 Å². The molecule has 98 valence electrons. The number of amides is 2. The Morgan fingerprint density at radius 1 is 1.33 bits per heavy atom. The number of carbonyl (C=O) groups excluding carboxylic acids is 3. The highest BCUT2D eigenvalue weighted by atomic mass is 32.1. The fourth-order valence-electron chi connectivity index (χ4n) is 1.19. The number of nitrogens with two attached hydrogens (primary N) is 1. The van der Waals surface area contributed by atoms with Crippen molar-refractivity contribution < 1.29 is 19.1 Å². The molecule has 0 aliphatic heterocycles. The van der Waals surface area contributed by atoms with Crippen LogP contribution in [0, 0.1) is 0 Å². The van der Waals surface area contributed by atoms with Crippen molar-refractivity contribution in [3.8, 4) is 0 Å². The predicted molar refractivity (Wildman–Crippen MR) is 66.4 cm³/mol. The highest BCUT2D eigenvalue weighted by Gasteiger charge is 2.12. The van der Waals surface area contributed by atoms with E-state index in [-0.39, 0.29) is 24.8 Å². The second-order valence-corrected chi connectivity index (χ2v) is 4.42. The van der Waals surface area contributed by atoms with Crippen LogP contribution in [-0.4, -0.2) is 30.9 Å². The Morgan fingerprint density at radius 2 is 2.00 bits per heavy atom. The molecule has 2 amide bonds. The summed E-state index contributed by atoms with van der Waals surface area (Å²) in [5.41, 5.74) is 5.08. The predicted octanol–water partition coefficient (Wildman–Crippen LogP) is 0.530. The van der Waals surface area contributed by atoms with Crippen molar-refractivity contribution in [2.75, 3.05) is 13.2 Å². The fraction of sp³-hybridized carbons (Fsp3) is 0.364. The van der Waals surface area contributed by atoms with Crippen molar-refractivity contribution in [1.29, 1.82) is 0 Å². The van der Waals surface area contributed by atoms with E-state index in [9.17, 15) is 14.4 Å². The summed E-state index contributed by atoms with van der Waals surface area (Å²) < 4.78 is 4.72. The summed E-state index contributed by atoms with van der Waals surface area (Å²) in [6.07, 6.45) is 0.119. The van der Waals surface area contributed by atoms with Gasteiger partial charge in [-0.25, -0.2) is 0 Å². The zero-order valence-corrected chi connectivity index (χ0v) is 10.7. The molecule has 0 aromatic carbocycles. The summed E-state index contributed by atoms with van der Waals surface area (Å²) in [5.74, 6) is -1.26. The van der Waals surface area contributed by atoms with Crippen LogP contribution in [0.2, 0.25) is 0 Å². The molecule has 0 bridgehead atoms. The standard InChI is InChI=1S/C11H14N2O4S/c1-2-17-9(14)5-6-13-11(16)8-4-3-7(18-8)10(12)15/h3-4H,2,5-6H2,1H3,(H2,12,15)(H,13,16). The second kappa shape index (κ2) is 6.75. The van der Waals surface area contributed by atoms with Gasteiger partial charge in [0.05, 0.1) is 22.8 Å². The molecule has 1 aromatic rings. The first-order valence-corrected chi connectivity index (χ1v) is 6.19. The smallest absolute Gasteiger partial charge is 0.307 e. The largest absolute Gasteiger partial charge is 0.466 e. The number of nitrogens with one attached hydrogen (secondary N) is 1. The molecule has 0 aliphatic carbocycles. The van der Waals surface area contributed by atoms with Gasteiger partial charge >= 0.3 is 5.97 Å². The lowest BCUT2D eigenvalue weighted by Gasteiger charge is -2.03. The Morgan fingerprint density at radius 3 is 2.56 bits per heavy atom. The van der Waals surface area contributed by atoms with Gasteiger partial charge in [0.25, 0.3) is 11.8 Å². The van der Waals surface area contributed by atoms with Crippen LogP contribution >= 0.6 is 11.3 Å². The minimum atomic E-state index is -0.564. The number of ether oxygens (including phenoxy) is 1. The Hall–Kier alpha value is -1.89. The summed E-state index contributed by atoms with van der Waals surface area (Å²) in [6, 6.07) is 3.01. The molecule has 0 unspecified atom stereocenters. The molecule has 6 nitrogen and oxygen atoms in total. The van der Waals surface area contributed by atoms with Gasteiger partial charge in [-0.1, -0.05) is 0 Å². The normalized spacial score (nSPS) is 9.83. The maximum Gasteiger partial charge on any atom is 0.307 e. The molecule has 7 heteroatoms. The summed E-state index contributed by atoms with van der Waals surface area (Å²) >= 11 is 1.02. The molecule has 1 rings (SSSR count). The van der Waals surface area contributed by atoms with E-state index in [1.54, 1.807) is 6.92 Å². The Balaban J connectivity index is 2.40. The number of rotatable bonds is 6. The monoisotopic (exact) mass is 270 g/mol. The zero-order chi connectivity index (χ0) is 13.5. The van der Waals surface area contributed by atoms with Crippen LogP contribution in [0.15, 0.2) is 12.1 Å². The van der Waals surface area contributed by atoms with Gasteiger partial charge in [0.2, 0.25) is 0 Å². The third-order valence-corrected chi connectivity index (χ3v) is 3.09. The van der Waals surface area contributed by atoms with Crippen molar-refractivity contribution >= 4 is 29.1 Å². The van der Waals surface area contributed by atoms with Gasteiger partial charge in [-0.3, -0.25) is 14.4 Å². The number of primary amides is 1. The molecule has 3 N–H and O–H groups in total. The minimum Gasteiger partial charge on any atom is -0.466 e. The van der Waals surface area contributed by atoms with E-state index >= 15 is 0 Å². The van der Waals surface area contributed by atoms with Gasteiger partial charge in [-0.05, 0) is 19.1 Å². The van der Waals surface area contributed by atoms with Crippen LogP contribution < -0.4 is 11.1 Å². The second-order valence-electron chi connectivity index (χ2n) is 3.34. The average Bonchev–Trinajstić information content (AvgIpc) is 2.78. The van der Waals surface area contributed by atoms with Crippen LogP contribution in [-0.2, 0) is 9.53 Å². The fourth-order valence-corrected chi connectivity index (χ4v) is 1.97. The SMILES string of the molecule is CCOC(=O)CCNC(=O)c1ccc(C(N)=O)s1. The first-order valence-electron chi connectivity index (χ1n) is 5.38. The summed E-state index contributed by atoms with van der Waals surface area (Å²) in [7, 11) is 0. The van der Waals surface area contributed by atoms with Crippen molar-refractivity contribution in [3.05, 3.63) is 21.9 Å². The van der Waals surface area contributed by atoms with Crippen molar-refractivity contribution in [1.82, 2.24) is 5.32 Å². The van der Waals surface area contributed by atoms with E-state index in [1.807, 2.05) is 0 Å². The molecule has 0 saturated carbocycles. The maximum absolute atomic E-state index is 11.6. The third kappa shape index (κ3) is 4.17. The molecular formula is C11H14N2O4S. The molecule has 0 aliphatic rings.